The quantitative estimate of drug-likeness (QED) is 0.410. The lowest BCUT2D eigenvalue weighted by Gasteiger charge is -2.37. The van der Waals surface area contributed by atoms with Gasteiger partial charge in [0.15, 0.2) is 6.04 Å². The molecule has 1 radical (unpaired) electrons. The van der Waals surface area contributed by atoms with Crippen molar-refractivity contribution in [3.63, 3.8) is 0 Å². The number of hydrogen-bond acceptors (Lipinski definition) is 3. The molecule has 0 spiro atoms. The van der Waals surface area contributed by atoms with Gasteiger partial charge in [-0.15, -0.1) is 11.6 Å². The molecule has 34 heavy (non-hydrogen) atoms. The number of benzene rings is 2. The fourth-order valence-corrected chi connectivity index (χ4v) is 4.42. The summed E-state index contributed by atoms with van der Waals surface area (Å²) in [4.78, 5) is 29.8. The van der Waals surface area contributed by atoms with Crippen molar-refractivity contribution in [1.29, 1.82) is 0 Å². The number of amides is 3. The number of urea groups is 1. The molecule has 6 nitrogen and oxygen atoms in total. The number of nitrogens with zero attached hydrogens (tertiary/aromatic N) is 2. The first-order valence-electron chi connectivity index (χ1n) is 11.4. The van der Waals surface area contributed by atoms with Crippen LogP contribution >= 0.6 is 23.2 Å². The summed E-state index contributed by atoms with van der Waals surface area (Å²) in [6, 6.07) is 12.9. The Hall–Kier alpha value is -2.19. The summed E-state index contributed by atoms with van der Waals surface area (Å²) in [7, 11) is 0. The molecule has 2 N–H and O–H groups in total. The van der Waals surface area contributed by atoms with Crippen LogP contribution in [0.2, 0.25) is 5.02 Å². The van der Waals surface area contributed by atoms with Gasteiger partial charge in [0.1, 0.15) is 12.4 Å². The number of carbonyl (C=O) groups is 2. The Morgan fingerprint density at radius 1 is 1.15 bits per heavy atom. The number of hydrogen-bond donors (Lipinski definition) is 2. The van der Waals surface area contributed by atoms with Crippen LogP contribution < -0.4 is 15.5 Å². The highest BCUT2D eigenvalue weighted by molar-refractivity contribution is 6.30. The monoisotopic (exact) mass is 508 g/mol. The maximum absolute atomic E-state index is 13.3. The molecular formula is C25H31Cl2FN4O2+. The van der Waals surface area contributed by atoms with E-state index in [2.05, 4.69) is 22.5 Å². The molecule has 0 aliphatic carbocycles. The molecule has 1 aliphatic heterocycles. The zero-order chi connectivity index (χ0) is 24.7. The first-order valence-corrected chi connectivity index (χ1v) is 12.3. The minimum absolute atomic E-state index is 0.0000844. The van der Waals surface area contributed by atoms with Crippen molar-refractivity contribution in [2.45, 2.75) is 44.9 Å². The van der Waals surface area contributed by atoms with Crippen LogP contribution in [0.25, 0.3) is 0 Å². The van der Waals surface area contributed by atoms with Gasteiger partial charge >= 0.3 is 11.9 Å². The number of halogens is 3. The Morgan fingerprint density at radius 3 is 2.47 bits per heavy atom. The Balaban J connectivity index is 1.66. The topological polar surface area (TPSA) is 67.3 Å². The van der Waals surface area contributed by atoms with Gasteiger partial charge in [-0.25, -0.2) is 14.0 Å². The predicted molar refractivity (Wildman–Crippen MR) is 134 cm³/mol. The number of nitrogens with one attached hydrogen (secondary N) is 2. The van der Waals surface area contributed by atoms with E-state index < -0.39 is 6.04 Å². The standard InChI is InChI=1S/C25H31Cl2FN4O2/c1-17-15-32(18(2)14-31(17)16-19-3-9-22(28)10-4-19)24(33)13-23(30-25(34)29-12-11-26)20-5-7-21(27)8-6-20/h3-10,17-18,23H,11-16H2,1-2H3,(H2,29,30,34)/q+1/t17-,18+,23?/m0/s1. The van der Waals surface area contributed by atoms with Crippen molar-refractivity contribution in [1.82, 2.24) is 20.4 Å². The first kappa shape index (κ1) is 26.4. The molecule has 3 amide bonds. The van der Waals surface area contributed by atoms with Gasteiger partial charge in [0.05, 0.1) is 25.0 Å². The molecule has 0 aromatic heterocycles. The summed E-state index contributed by atoms with van der Waals surface area (Å²) >= 11 is 11.7. The lowest BCUT2D eigenvalue weighted by molar-refractivity contribution is -0.129. The van der Waals surface area contributed by atoms with Crippen molar-refractivity contribution in [2.24, 2.45) is 0 Å². The van der Waals surface area contributed by atoms with E-state index in [-0.39, 0.29) is 36.3 Å². The number of alkyl halides is 1. The van der Waals surface area contributed by atoms with E-state index in [1.54, 1.807) is 24.3 Å². The van der Waals surface area contributed by atoms with Gasteiger partial charge in [0.25, 0.3) is 0 Å². The van der Waals surface area contributed by atoms with Crippen molar-refractivity contribution in [2.75, 3.05) is 25.5 Å². The van der Waals surface area contributed by atoms with E-state index in [9.17, 15) is 14.0 Å². The molecule has 2 aromatic carbocycles. The highest BCUT2D eigenvalue weighted by Gasteiger charge is 2.42. The Bertz CT molecular complexity index is 958. The van der Waals surface area contributed by atoms with E-state index in [1.165, 1.54) is 12.1 Å². The van der Waals surface area contributed by atoms with Gasteiger partial charge in [-0.2, -0.15) is 0 Å². The summed E-state index contributed by atoms with van der Waals surface area (Å²) in [5.41, 5.74) is 1.84. The second-order valence-electron chi connectivity index (χ2n) is 8.70. The smallest absolute Gasteiger partial charge is 0.337 e. The molecule has 0 saturated carbocycles. The van der Waals surface area contributed by atoms with Crippen molar-refractivity contribution < 1.29 is 14.0 Å². The van der Waals surface area contributed by atoms with Crippen LogP contribution in [0, 0.1) is 5.82 Å². The maximum Gasteiger partial charge on any atom is 0.363 e. The van der Waals surface area contributed by atoms with Gasteiger partial charge in [0.2, 0.25) is 0 Å². The fourth-order valence-electron chi connectivity index (χ4n) is 4.20. The molecular weight excluding hydrogens is 478 g/mol. The third kappa shape index (κ3) is 7.40. The SMILES string of the molecule is C[C@@H]1CN(Cc2ccc(F)cc2)[C@@H](C)C[N+]1C(=O)CC(NC(=O)NCCCl)c1ccc(Cl)cc1. The third-order valence-corrected chi connectivity index (χ3v) is 6.51. The zero-order valence-corrected chi connectivity index (χ0v) is 21.0. The van der Waals surface area contributed by atoms with Crippen LogP contribution in [0.4, 0.5) is 9.18 Å². The van der Waals surface area contributed by atoms with Crippen molar-refractivity contribution in [3.05, 3.63) is 70.5 Å². The van der Waals surface area contributed by atoms with Gasteiger partial charge in [0, 0.05) is 24.0 Å². The Labute approximate surface area is 210 Å². The van der Waals surface area contributed by atoms with Crippen LogP contribution in [0.3, 0.4) is 0 Å². The van der Waals surface area contributed by atoms with Gasteiger partial charge in [-0.3, -0.25) is 4.90 Å². The minimum atomic E-state index is -0.500. The minimum Gasteiger partial charge on any atom is -0.337 e. The summed E-state index contributed by atoms with van der Waals surface area (Å²) in [5.74, 6) is 0.0226. The lowest BCUT2D eigenvalue weighted by Crippen LogP contribution is -2.61. The van der Waals surface area contributed by atoms with Crippen LogP contribution in [-0.4, -0.2) is 54.4 Å². The van der Waals surface area contributed by atoms with Crippen LogP contribution in [0.5, 0.6) is 0 Å². The van der Waals surface area contributed by atoms with Crippen LogP contribution in [0.1, 0.15) is 37.4 Å². The largest absolute Gasteiger partial charge is 0.363 e. The average Bonchev–Trinajstić information content (AvgIpc) is 2.81. The number of piperazine rings is 1. The van der Waals surface area contributed by atoms with Crippen molar-refractivity contribution in [3.8, 4) is 0 Å². The molecule has 183 valence electrons. The zero-order valence-electron chi connectivity index (χ0n) is 19.4. The first-order chi connectivity index (χ1) is 16.3. The van der Waals surface area contributed by atoms with E-state index in [0.29, 0.717) is 37.1 Å². The Kier molecular flexibility index (Phi) is 9.71. The molecule has 1 unspecified atom stereocenters. The predicted octanol–water partition coefficient (Wildman–Crippen LogP) is 4.41. The normalized spacial score (nSPS) is 20.0. The summed E-state index contributed by atoms with van der Waals surface area (Å²) < 4.78 is 13.2. The molecule has 1 fully saturated rings. The highest BCUT2D eigenvalue weighted by Crippen LogP contribution is 2.23. The molecule has 0 bridgehead atoms. The molecule has 1 aliphatic rings. The second kappa shape index (κ2) is 12.5. The third-order valence-electron chi connectivity index (χ3n) is 6.07. The number of rotatable bonds is 8. The van der Waals surface area contributed by atoms with Crippen LogP contribution in [-0.2, 0) is 11.3 Å². The second-order valence-corrected chi connectivity index (χ2v) is 9.51. The van der Waals surface area contributed by atoms with E-state index in [4.69, 9.17) is 23.2 Å². The lowest BCUT2D eigenvalue weighted by atomic mass is 10.0. The summed E-state index contributed by atoms with van der Waals surface area (Å²) in [6.07, 6.45) is 0.130. The van der Waals surface area contributed by atoms with Gasteiger partial charge in [-0.05, 0) is 49.2 Å². The van der Waals surface area contributed by atoms with E-state index >= 15 is 0 Å². The molecule has 3 atom stereocenters. The molecule has 1 saturated heterocycles. The van der Waals surface area contributed by atoms with Crippen LogP contribution in [0.15, 0.2) is 48.5 Å². The van der Waals surface area contributed by atoms with Gasteiger partial charge in [-0.1, -0.05) is 40.8 Å². The van der Waals surface area contributed by atoms with E-state index in [0.717, 1.165) is 11.1 Å². The highest BCUT2D eigenvalue weighted by atomic mass is 35.5. The molecule has 9 heteroatoms. The van der Waals surface area contributed by atoms with Crippen molar-refractivity contribution >= 4 is 35.1 Å². The summed E-state index contributed by atoms with van der Waals surface area (Å²) in [5, 5.41) is 6.15. The number of carbonyl (C=O) groups excluding carboxylic acids is 2. The maximum atomic E-state index is 13.3. The fraction of sp³-hybridized carbons (Fsp3) is 0.440. The Morgan fingerprint density at radius 2 is 1.82 bits per heavy atom. The average molecular weight is 509 g/mol. The summed E-state index contributed by atoms with van der Waals surface area (Å²) in [6.45, 7) is 6.43. The molecule has 1 heterocycles. The molecule has 2 aromatic rings. The molecule has 3 rings (SSSR count). The van der Waals surface area contributed by atoms with Gasteiger partial charge < -0.3 is 10.6 Å². The van der Waals surface area contributed by atoms with E-state index in [1.807, 2.05) is 24.0 Å².